The quantitative estimate of drug-likeness (QED) is 0.645. The zero-order chi connectivity index (χ0) is 11.1. The van der Waals surface area contributed by atoms with Gasteiger partial charge in [0.05, 0.1) is 11.4 Å². The van der Waals surface area contributed by atoms with E-state index in [-0.39, 0.29) is 18.2 Å². The second kappa shape index (κ2) is 3.33. The lowest BCUT2D eigenvalue weighted by atomic mass is 10.1. The number of aryl methyl sites for hydroxylation is 1. The first-order valence-electron chi connectivity index (χ1n) is 5.48. The lowest BCUT2D eigenvalue weighted by molar-refractivity contribution is -0.123. The third kappa shape index (κ3) is 1.38. The number of nitrogens with one attached hydrogen (secondary N) is 2. The van der Waals surface area contributed by atoms with Crippen LogP contribution in [-0.4, -0.2) is 11.8 Å². The van der Waals surface area contributed by atoms with Gasteiger partial charge in [0.15, 0.2) is 0 Å². The fourth-order valence-corrected chi connectivity index (χ4v) is 2.44. The number of hydrogen-bond acceptors (Lipinski definition) is 2. The highest BCUT2D eigenvalue weighted by Gasteiger charge is 2.23. The van der Waals surface area contributed by atoms with E-state index in [9.17, 15) is 9.59 Å². The number of benzene rings is 1. The molecule has 82 valence electrons. The molecule has 16 heavy (non-hydrogen) atoms. The van der Waals surface area contributed by atoms with Crippen LogP contribution in [0.15, 0.2) is 12.1 Å². The van der Waals surface area contributed by atoms with E-state index in [1.165, 1.54) is 11.1 Å². The first-order valence-corrected chi connectivity index (χ1v) is 5.48. The summed E-state index contributed by atoms with van der Waals surface area (Å²) in [5, 5.41) is 5.59. The van der Waals surface area contributed by atoms with E-state index in [2.05, 4.69) is 10.6 Å². The number of carbonyl (C=O) groups is 2. The summed E-state index contributed by atoms with van der Waals surface area (Å²) in [6, 6.07) is 3.92. The Kier molecular flexibility index (Phi) is 1.96. The minimum atomic E-state index is -0.241. The monoisotopic (exact) mass is 216 g/mol. The van der Waals surface area contributed by atoms with Crippen LogP contribution >= 0.6 is 0 Å². The Balaban J connectivity index is 2.14. The van der Waals surface area contributed by atoms with Crippen molar-refractivity contribution in [2.24, 2.45) is 0 Å². The van der Waals surface area contributed by atoms with Gasteiger partial charge in [0.1, 0.15) is 6.42 Å². The zero-order valence-electron chi connectivity index (χ0n) is 8.80. The Morgan fingerprint density at radius 2 is 1.81 bits per heavy atom. The van der Waals surface area contributed by atoms with Crippen molar-refractivity contribution in [3.8, 4) is 0 Å². The summed E-state index contributed by atoms with van der Waals surface area (Å²) < 4.78 is 0. The van der Waals surface area contributed by atoms with Gasteiger partial charge in [-0.1, -0.05) is 6.07 Å². The molecule has 1 aliphatic carbocycles. The summed E-state index contributed by atoms with van der Waals surface area (Å²) >= 11 is 0. The molecule has 3 rings (SSSR count). The second-order valence-corrected chi connectivity index (χ2v) is 4.25. The average molecular weight is 216 g/mol. The van der Waals surface area contributed by atoms with Crippen LogP contribution in [-0.2, 0) is 22.4 Å². The standard InChI is InChI=1S/C12H12N2O2/c15-10-6-11(16)14-12-8-3-1-2-7(8)4-5-9(12)13-10/h4-5H,1-3,6H2,(H,13,15)(H,14,16). The van der Waals surface area contributed by atoms with Gasteiger partial charge in [-0.2, -0.15) is 0 Å². The van der Waals surface area contributed by atoms with Crippen molar-refractivity contribution in [2.45, 2.75) is 25.7 Å². The van der Waals surface area contributed by atoms with Crippen LogP contribution in [0.5, 0.6) is 0 Å². The van der Waals surface area contributed by atoms with Gasteiger partial charge in [0.25, 0.3) is 0 Å². The van der Waals surface area contributed by atoms with E-state index in [1.54, 1.807) is 0 Å². The van der Waals surface area contributed by atoms with Crippen LogP contribution in [0.3, 0.4) is 0 Å². The number of rotatable bonds is 0. The Labute approximate surface area is 93.0 Å². The first kappa shape index (κ1) is 9.39. The summed E-state index contributed by atoms with van der Waals surface area (Å²) in [6.45, 7) is 0. The van der Waals surface area contributed by atoms with Crippen molar-refractivity contribution in [1.29, 1.82) is 0 Å². The highest BCUT2D eigenvalue weighted by atomic mass is 16.2. The highest BCUT2D eigenvalue weighted by molar-refractivity contribution is 6.13. The summed E-state index contributed by atoms with van der Waals surface area (Å²) in [5.41, 5.74) is 4.02. The summed E-state index contributed by atoms with van der Waals surface area (Å²) in [6.07, 6.45) is 3.07. The van der Waals surface area contributed by atoms with Crippen LogP contribution < -0.4 is 10.6 Å². The maximum absolute atomic E-state index is 11.5. The lowest BCUT2D eigenvalue weighted by Crippen LogP contribution is -2.16. The number of fused-ring (bicyclic) bond motifs is 3. The van der Waals surface area contributed by atoms with Gasteiger partial charge in [-0.05, 0) is 36.5 Å². The molecule has 0 atom stereocenters. The van der Waals surface area contributed by atoms with Crippen LogP contribution in [0.4, 0.5) is 11.4 Å². The Hall–Kier alpha value is -1.84. The molecule has 0 radical (unpaired) electrons. The van der Waals surface area contributed by atoms with Crippen molar-refractivity contribution in [3.63, 3.8) is 0 Å². The van der Waals surface area contributed by atoms with Crippen molar-refractivity contribution in [2.75, 3.05) is 10.6 Å². The topological polar surface area (TPSA) is 58.2 Å². The van der Waals surface area contributed by atoms with Gasteiger partial charge >= 0.3 is 0 Å². The number of anilines is 2. The van der Waals surface area contributed by atoms with Crippen molar-refractivity contribution >= 4 is 23.2 Å². The third-order valence-electron chi connectivity index (χ3n) is 3.14. The minimum absolute atomic E-state index is 0.0938. The largest absolute Gasteiger partial charge is 0.324 e. The highest BCUT2D eigenvalue weighted by Crippen LogP contribution is 2.36. The van der Waals surface area contributed by atoms with Crippen molar-refractivity contribution in [3.05, 3.63) is 23.3 Å². The summed E-state index contributed by atoms with van der Waals surface area (Å²) in [5.74, 6) is -0.467. The Morgan fingerprint density at radius 3 is 2.69 bits per heavy atom. The molecule has 4 heteroatoms. The smallest absolute Gasteiger partial charge is 0.233 e. The Morgan fingerprint density at radius 1 is 1.00 bits per heavy atom. The second-order valence-electron chi connectivity index (χ2n) is 4.25. The summed E-state index contributed by atoms with van der Waals surface area (Å²) in [4.78, 5) is 22.9. The maximum Gasteiger partial charge on any atom is 0.233 e. The van der Waals surface area contributed by atoms with Crippen LogP contribution in [0.1, 0.15) is 24.0 Å². The SMILES string of the molecule is O=C1CC(=O)Nc2c(ccc3c2CCC3)N1. The minimum Gasteiger partial charge on any atom is -0.324 e. The molecule has 0 saturated heterocycles. The normalized spacial score (nSPS) is 18.2. The molecule has 4 nitrogen and oxygen atoms in total. The molecule has 0 unspecified atom stereocenters. The molecule has 2 aliphatic rings. The third-order valence-corrected chi connectivity index (χ3v) is 3.14. The molecule has 1 heterocycles. The van der Waals surface area contributed by atoms with Crippen LogP contribution in [0.25, 0.3) is 0 Å². The molecule has 0 saturated carbocycles. The van der Waals surface area contributed by atoms with Gasteiger partial charge in [-0.15, -0.1) is 0 Å². The molecule has 0 fully saturated rings. The van der Waals surface area contributed by atoms with E-state index in [0.29, 0.717) is 0 Å². The number of hydrogen-bond donors (Lipinski definition) is 2. The van der Waals surface area contributed by atoms with E-state index in [1.807, 2.05) is 12.1 Å². The molecule has 0 bridgehead atoms. The molecule has 0 spiro atoms. The van der Waals surface area contributed by atoms with Gasteiger partial charge in [-0.3, -0.25) is 9.59 Å². The molecular weight excluding hydrogens is 204 g/mol. The fraction of sp³-hybridized carbons (Fsp3) is 0.333. The molecule has 2 amide bonds. The molecule has 2 N–H and O–H groups in total. The van der Waals surface area contributed by atoms with E-state index in [4.69, 9.17) is 0 Å². The molecule has 1 aromatic carbocycles. The predicted molar refractivity (Wildman–Crippen MR) is 60.3 cm³/mol. The molecule has 1 aliphatic heterocycles. The first-order chi connectivity index (χ1) is 7.74. The van der Waals surface area contributed by atoms with Crippen molar-refractivity contribution in [1.82, 2.24) is 0 Å². The number of carbonyl (C=O) groups excluding carboxylic acids is 2. The maximum atomic E-state index is 11.5. The van der Waals surface area contributed by atoms with Crippen LogP contribution in [0.2, 0.25) is 0 Å². The predicted octanol–water partition coefficient (Wildman–Crippen LogP) is 1.46. The van der Waals surface area contributed by atoms with Gasteiger partial charge in [0, 0.05) is 0 Å². The van der Waals surface area contributed by atoms with Gasteiger partial charge < -0.3 is 10.6 Å². The fourth-order valence-electron chi connectivity index (χ4n) is 2.44. The van der Waals surface area contributed by atoms with Crippen LogP contribution in [0, 0.1) is 0 Å². The molecule has 0 aromatic heterocycles. The number of amides is 2. The van der Waals surface area contributed by atoms with E-state index >= 15 is 0 Å². The summed E-state index contributed by atoms with van der Waals surface area (Å²) in [7, 11) is 0. The molecule has 1 aromatic rings. The Bertz CT molecular complexity index is 494. The molecular formula is C12H12N2O2. The van der Waals surface area contributed by atoms with Gasteiger partial charge in [-0.25, -0.2) is 0 Å². The van der Waals surface area contributed by atoms with Crippen molar-refractivity contribution < 1.29 is 9.59 Å². The van der Waals surface area contributed by atoms with E-state index in [0.717, 1.165) is 30.6 Å². The van der Waals surface area contributed by atoms with Gasteiger partial charge in [0.2, 0.25) is 11.8 Å². The lowest BCUT2D eigenvalue weighted by Gasteiger charge is -2.12. The average Bonchev–Trinajstić information content (AvgIpc) is 2.64. The zero-order valence-corrected chi connectivity index (χ0v) is 8.80. The van der Waals surface area contributed by atoms with E-state index < -0.39 is 0 Å².